The van der Waals surface area contributed by atoms with Gasteiger partial charge in [-0.25, -0.2) is 24.5 Å². The number of nitrogens with zero attached hydrogens (tertiary/aromatic N) is 5. The summed E-state index contributed by atoms with van der Waals surface area (Å²) in [6, 6.07) is 14.6. The van der Waals surface area contributed by atoms with Crippen molar-refractivity contribution < 1.29 is 19.1 Å². The molecule has 0 atom stereocenters. The van der Waals surface area contributed by atoms with Crippen LogP contribution in [0, 0.1) is 0 Å². The molecule has 0 bridgehead atoms. The van der Waals surface area contributed by atoms with E-state index in [0.717, 1.165) is 60.9 Å². The van der Waals surface area contributed by atoms with Crippen molar-refractivity contribution in [2.24, 2.45) is 0 Å². The minimum Gasteiger partial charge on any atom is -0.443 e. The number of hydrogen-bond donors (Lipinski definition) is 2. The lowest BCUT2D eigenvalue weighted by Crippen LogP contribution is -2.46. The van der Waals surface area contributed by atoms with Gasteiger partial charge in [-0.05, 0) is 64.4 Å². The van der Waals surface area contributed by atoms with Crippen molar-refractivity contribution in [2.75, 3.05) is 36.5 Å². The summed E-state index contributed by atoms with van der Waals surface area (Å²) < 4.78 is 12.1. The third-order valence-electron chi connectivity index (χ3n) is 7.11. The van der Waals surface area contributed by atoms with E-state index in [1.807, 2.05) is 36.4 Å². The smallest absolute Gasteiger partial charge is 0.418 e. The quantitative estimate of drug-likeness (QED) is 0.219. The number of anilines is 2. The van der Waals surface area contributed by atoms with Gasteiger partial charge in [-0.3, -0.25) is 5.10 Å². The second-order valence-corrected chi connectivity index (χ2v) is 12.9. The zero-order valence-electron chi connectivity index (χ0n) is 25.4. The number of imide groups is 1. The first-order valence-electron chi connectivity index (χ1n) is 14.6. The predicted molar refractivity (Wildman–Crippen MR) is 173 cm³/mol. The van der Waals surface area contributed by atoms with Crippen LogP contribution in [0.5, 0.6) is 0 Å². The number of carbonyl (C=O) groups excluding carboxylic acids is 2. The summed E-state index contributed by atoms with van der Waals surface area (Å²) in [5, 5.41) is 11.1. The lowest BCUT2D eigenvalue weighted by molar-refractivity contribution is 0.0289. The van der Waals surface area contributed by atoms with Crippen LogP contribution in [0.3, 0.4) is 0 Å². The standard InChI is InChI=1S/C32H35N7O4S/c1-19(2)39(31(41)43-32(3,4)5)30(40)34-21-9-6-8-20(16-21)26-17-25-27(44-26)29(38-12-14-42-15-13-38)36-28(35-25)22-10-7-11-24-23(22)18-33-37-24/h6-11,16-19H,12-15H2,1-5H3,(H,33,37)(H,34,40). The fourth-order valence-electron chi connectivity index (χ4n) is 5.10. The molecule has 0 aliphatic carbocycles. The van der Waals surface area contributed by atoms with E-state index in [9.17, 15) is 9.59 Å². The molecule has 0 radical (unpaired) electrons. The Kier molecular flexibility index (Phi) is 7.95. The molecular weight excluding hydrogens is 578 g/mol. The molecule has 0 saturated carbocycles. The van der Waals surface area contributed by atoms with Crippen molar-refractivity contribution in [3.8, 4) is 21.8 Å². The number of carbonyl (C=O) groups is 2. The molecule has 4 heterocycles. The predicted octanol–water partition coefficient (Wildman–Crippen LogP) is 6.92. The summed E-state index contributed by atoms with van der Waals surface area (Å²) in [4.78, 5) is 40.4. The molecule has 2 aromatic carbocycles. The number of H-pyrrole nitrogens is 1. The molecule has 228 valence electrons. The number of nitrogens with one attached hydrogen (secondary N) is 2. The van der Waals surface area contributed by atoms with Crippen molar-refractivity contribution in [1.82, 2.24) is 25.1 Å². The van der Waals surface area contributed by atoms with Crippen LogP contribution in [0.25, 0.3) is 42.9 Å². The minimum absolute atomic E-state index is 0.394. The lowest BCUT2D eigenvalue weighted by Gasteiger charge is -2.28. The molecule has 44 heavy (non-hydrogen) atoms. The number of rotatable bonds is 5. The van der Waals surface area contributed by atoms with Gasteiger partial charge in [0.15, 0.2) is 11.6 Å². The van der Waals surface area contributed by atoms with Crippen LogP contribution >= 0.6 is 11.3 Å². The Balaban J connectivity index is 1.36. The maximum absolute atomic E-state index is 13.2. The van der Waals surface area contributed by atoms with Crippen LogP contribution < -0.4 is 10.2 Å². The normalized spacial score (nSPS) is 13.9. The van der Waals surface area contributed by atoms with Gasteiger partial charge in [0.2, 0.25) is 0 Å². The molecule has 11 nitrogen and oxygen atoms in total. The summed E-state index contributed by atoms with van der Waals surface area (Å²) in [5.74, 6) is 1.51. The van der Waals surface area contributed by atoms with E-state index in [-0.39, 0.29) is 0 Å². The van der Waals surface area contributed by atoms with E-state index < -0.39 is 23.8 Å². The van der Waals surface area contributed by atoms with E-state index in [0.29, 0.717) is 24.7 Å². The average molecular weight is 614 g/mol. The maximum Gasteiger partial charge on any atom is 0.418 e. The molecule has 1 saturated heterocycles. The highest BCUT2D eigenvalue weighted by molar-refractivity contribution is 7.22. The Morgan fingerprint density at radius 1 is 1.09 bits per heavy atom. The lowest BCUT2D eigenvalue weighted by atomic mass is 10.1. The summed E-state index contributed by atoms with van der Waals surface area (Å²) in [6.07, 6.45) is 1.11. The molecule has 1 aliphatic rings. The van der Waals surface area contributed by atoms with E-state index in [2.05, 4.69) is 26.5 Å². The summed E-state index contributed by atoms with van der Waals surface area (Å²) in [7, 11) is 0. The third kappa shape index (κ3) is 6.08. The van der Waals surface area contributed by atoms with Gasteiger partial charge < -0.3 is 19.7 Å². The van der Waals surface area contributed by atoms with Gasteiger partial charge in [0.1, 0.15) is 5.60 Å². The molecule has 3 aromatic heterocycles. The Bertz CT molecular complexity index is 1840. The van der Waals surface area contributed by atoms with Crippen molar-refractivity contribution in [2.45, 2.75) is 46.3 Å². The molecular formula is C32H35N7O4S. The number of fused-ring (bicyclic) bond motifs is 2. The number of thiophene rings is 1. The number of hydrogen-bond acceptors (Lipinski definition) is 9. The summed E-state index contributed by atoms with van der Waals surface area (Å²) in [5.41, 5.74) is 3.41. The molecule has 1 fully saturated rings. The monoisotopic (exact) mass is 613 g/mol. The number of aromatic nitrogens is 4. The van der Waals surface area contributed by atoms with Crippen molar-refractivity contribution in [3.63, 3.8) is 0 Å². The van der Waals surface area contributed by atoms with Crippen molar-refractivity contribution in [1.29, 1.82) is 0 Å². The van der Waals surface area contributed by atoms with Crippen LogP contribution in [0.1, 0.15) is 34.6 Å². The SMILES string of the molecule is CC(C)N(C(=O)Nc1cccc(-c2cc3nc(-c4cccc5[nH]ncc45)nc(N4CCOCC4)c3s2)c1)C(=O)OC(C)(C)C. The van der Waals surface area contributed by atoms with Crippen LogP contribution in [-0.2, 0) is 9.47 Å². The highest BCUT2D eigenvalue weighted by Crippen LogP contribution is 2.40. The van der Waals surface area contributed by atoms with Crippen LogP contribution in [0.4, 0.5) is 21.1 Å². The number of aromatic amines is 1. The number of amides is 3. The van der Waals surface area contributed by atoms with E-state index in [1.165, 1.54) is 0 Å². The Morgan fingerprint density at radius 2 is 1.86 bits per heavy atom. The Labute approximate surface area is 259 Å². The summed E-state index contributed by atoms with van der Waals surface area (Å²) in [6.45, 7) is 11.6. The highest BCUT2D eigenvalue weighted by atomic mass is 32.1. The first-order valence-corrected chi connectivity index (χ1v) is 15.4. The van der Waals surface area contributed by atoms with Gasteiger partial charge >= 0.3 is 12.1 Å². The van der Waals surface area contributed by atoms with E-state index >= 15 is 0 Å². The van der Waals surface area contributed by atoms with Gasteiger partial charge in [-0.1, -0.05) is 24.3 Å². The second-order valence-electron chi connectivity index (χ2n) is 11.9. The van der Waals surface area contributed by atoms with Gasteiger partial charge in [0.05, 0.1) is 35.1 Å². The number of morpholine rings is 1. The Hall–Kier alpha value is -4.55. The number of urea groups is 1. The molecule has 0 spiro atoms. The van der Waals surface area contributed by atoms with Crippen LogP contribution in [0.2, 0.25) is 0 Å². The fourth-order valence-corrected chi connectivity index (χ4v) is 6.21. The van der Waals surface area contributed by atoms with Gasteiger partial charge in [-0.2, -0.15) is 5.10 Å². The average Bonchev–Trinajstić information content (AvgIpc) is 3.63. The third-order valence-corrected chi connectivity index (χ3v) is 8.28. The molecule has 5 aromatic rings. The zero-order chi connectivity index (χ0) is 31.0. The van der Waals surface area contributed by atoms with E-state index in [1.54, 1.807) is 58.2 Å². The van der Waals surface area contributed by atoms with E-state index in [4.69, 9.17) is 19.4 Å². The minimum atomic E-state index is -0.723. The summed E-state index contributed by atoms with van der Waals surface area (Å²) >= 11 is 1.61. The first-order chi connectivity index (χ1) is 21.1. The number of ether oxygens (including phenoxy) is 2. The molecule has 2 N–H and O–H groups in total. The van der Waals surface area contributed by atoms with Gasteiger partial charge in [0.25, 0.3) is 0 Å². The zero-order valence-corrected chi connectivity index (χ0v) is 26.2. The number of benzene rings is 2. The fraction of sp³-hybridized carbons (Fsp3) is 0.344. The second kappa shape index (κ2) is 11.9. The molecule has 3 amide bonds. The van der Waals surface area contributed by atoms with Crippen LogP contribution in [0.15, 0.2) is 54.7 Å². The topological polar surface area (TPSA) is 126 Å². The van der Waals surface area contributed by atoms with Crippen molar-refractivity contribution in [3.05, 3.63) is 54.7 Å². The highest BCUT2D eigenvalue weighted by Gasteiger charge is 2.30. The van der Waals surface area contributed by atoms with Gasteiger partial charge in [0, 0.05) is 40.6 Å². The Morgan fingerprint density at radius 3 is 2.61 bits per heavy atom. The molecule has 1 aliphatic heterocycles. The molecule has 12 heteroatoms. The van der Waals surface area contributed by atoms with Crippen LogP contribution in [-0.4, -0.2) is 75.1 Å². The largest absolute Gasteiger partial charge is 0.443 e. The van der Waals surface area contributed by atoms with Crippen molar-refractivity contribution >= 4 is 56.1 Å². The first kappa shape index (κ1) is 29.5. The molecule has 6 rings (SSSR count). The maximum atomic E-state index is 13.2. The van der Waals surface area contributed by atoms with Gasteiger partial charge in [-0.15, -0.1) is 11.3 Å². The molecule has 0 unspecified atom stereocenters.